The molecule has 114 valence electrons. The summed E-state index contributed by atoms with van der Waals surface area (Å²) in [5, 5.41) is 0.239. The van der Waals surface area contributed by atoms with Gasteiger partial charge in [0.05, 0.1) is 0 Å². The van der Waals surface area contributed by atoms with Crippen molar-refractivity contribution in [2.24, 2.45) is 5.92 Å². The van der Waals surface area contributed by atoms with E-state index in [1.807, 2.05) is 29.2 Å². The van der Waals surface area contributed by atoms with E-state index < -0.39 is 0 Å². The zero-order valence-corrected chi connectivity index (χ0v) is 14.2. The molecule has 2 fully saturated rings. The summed E-state index contributed by atoms with van der Waals surface area (Å²) in [5.74, 6) is 2.04. The van der Waals surface area contributed by atoms with E-state index in [-0.39, 0.29) is 11.3 Å². The summed E-state index contributed by atoms with van der Waals surface area (Å²) < 4.78 is 0. The maximum atomic E-state index is 12.9. The second-order valence-corrected chi connectivity index (χ2v) is 8.57. The van der Waals surface area contributed by atoms with E-state index in [0.29, 0.717) is 11.8 Å². The van der Waals surface area contributed by atoms with Crippen LogP contribution in [0.4, 0.5) is 0 Å². The topological polar surface area (TPSA) is 20.3 Å². The molecule has 4 heteroatoms. The Labute approximate surface area is 139 Å². The molecular formula is C18H19NOS2. The Hall–Kier alpha value is -1.26. The van der Waals surface area contributed by atoms with Gasteiger partial charge in [0.2, 0.25) is 5.91 Å². The lowest BCUT2D eigenvalue weighted by Crippen LogP contribution is -2.31. The minimum absolute atomic E-state index is 0.199. The molecule has 0 unspecified atom stereocenters. The maximum absolute atomic E-state index is 12.9. The Bertz CT molecular complexity index is 681. The van der Waals surface area contributed by atoms with Crippen LogP contribution in [0.25, 0.3) is 0 Å². The first-order chi connectivity index (χ1) is 10.7. The van der Waals surface area contributed by atoms with Gasteiger partial charge in [0.15, 0.2) is 0 Å². The molecule has 2 heterocycles. The van der Waals surface area contributed by atoms with Crippen molar-refractivity contribution < 1.29 is 4.79 Å². The zero-order chi connectivity index (χ0) is 15.1. The van der Waals surface area contributed by atoms with Gasteiger partial charge in [-0.3, -0.25) is 4.79 Å². The van der Waals surface area contributed by atoms with Gasteiger partial charge in [0.25, 0.3) is 0 Å². The average molecular weight is 329 g/mol. The van der Waals surface area contributed by atoms with E-state index in [1.165, 1.54) is 15.3 Å². The molecule has 0 radical (unpaired) electrons. The van der Waals surface area contributed by atoms with Crippen LogP contribution in [0.2, 0.25) is 0 Å². The molecule has 4 rings (SSSR count). The third kappa shape index (κ3) is 2.59. The number of benzene rings is 1. The van der Waals surface area contributed by atoms with E-state index in [4.69, 9.17) is 0 Å². The van der Waals surface area contributed by atoms with Crippen LogP contribution in [-0.4, -0.2) is 23.1 Å². The van der Waals surface area contributed by atoms with Gasteiger partial charge in [-0.05, 0) is 37.0 Å². The normalized spacial score (nSPS) is 27.1. The molecule has 22 heavy (non-hydrogen) atoms. The molecule has 2 nitrogen and oxygen atoms in total. The van der Waals surface area contributed by atoms with Crippen molar-refractivity contribution in [3.05, 3.63) is 57.8 Å². The van der Waals surface area contributed by atoms with Crippen LogP contribution < -0.4 is 0 Å². The highest BCUT2D eigenvalue weighted by atomic mass is 32.2. The fraction of sp³-hybridized carbons (Fsp3) is 0.389. The van der Waals surface area contributed by atoms with E-state index in [2.05, 4.69) is 48.2 Å². The Kier molecular flexibility index (Phi) is 3.74. The smallest absolute Gasteiger partial charge is 0.227 e. The molecule has 0 spiro atoms. The lowest BCUT2D eigenvalue weighted by Gasteiger charge is -2.23. The van der Waals surface area contributed by atoms with E-state index in [0.717, 1.165) is 18.7 Å². The second-order valence-electron chi connectivity index (χ2n) is 6.06. The SMILES string of the molecule is Cc1ccc([C@H]2SCCN2C(=O)[C@@H]2C[C@H]2c2ccccc2)s1. The Morgan fingerprint density at radius 3 is 2.73 bits per heavy atom. The van der Waals surface area contributed by atoms with Crippen LogP contribution in [0.3, 0.4) is 0 Å². The van der Waals surface area contributed by atoms with Crippen molar-refractivity contribution >= 4 is 29.0 Å². The zero-order valence-electron chi connectivity index (χ0n) is 12.6. The number of carbonyl (C=O) groups is 1. The Balaban J connectivity index is 1.49. The lowest BCUT2D eigenvalue weighted by molar-refractivity contribution is -0.132. The van der Waals surface area contributed by atoms with E-state index in [9.17, 15) is 4.79 Å². The summed E-state index contributed by atoms with van der Waals surface area (Å²) in [4.78, 5) is 17.7. The van der Waals surface area contributed by atoms with Crippen molar-refractivity contribution in [3.8, 4) is 0 Å². The Morgan fingerprint density at radius 2 is 2.00 bits per heavy atom. The number of thioether (sulfide) groups is 1. The molecule has 1 saturated heterocycles. The van der Waals surface area contributed by atoms with Gasteiger partial charge in [0, 0.05) is 28.0 Å². The summed E-state index contributed by atoms with van der Waals surface area (Å²) in [5.41, 5.74) is 1.32. The molecule has 1 amide bonds. The minimum atomic E-state index is 0.199. The first-order valence-electron chi connectivity index (χ1n) is 7.77. The molecular weight excluding hydrogens is 310 g/mol. The third-order valence-corrected chi connectivity index (χ3v) is 6.96. The standard InChI is InChI=1S/C18H19NOS2/c1-12-7-8-16(22-12)18-19(9-10-21-18)17(20)15-11-14(15)13-5-3-2-4-6-13/h2-8,14-15,18H,9-11H2,1H3/t14-,15+,18+/m0/s1. The summed E-state index contributed by atoms with van der Waals surface area (Å²) in [6.45, 7) is 3.02. The number of hydrogen-bond acceptors (Lipinski definition) is 3. The highest BCUT2D eigenvalue weighted by Crippen LogP contribution is 2.51. The van der Waals surface area contributed by atoms with Crippen molar-refractivity contribution in [2.45, 2.75) is 24.6 Å². The summed E-state index contributed by atoms with van der Waals surface area (Å²) >= 11 is 3.72. The molecule has 1 aliphatic carbocycles. The number of nitrogens with zero attached hydrogens (tertiary/aromatic N) is 1. The summed E-state index contributed by atoms with van der Waals surface area (Å²) in [7, 11) is 0. The fourth-order valence-electron chi connectivity index (χ4n) is 3.27. The fourth-order valence-corrected chi connectivity index (χ4v) is 5.65. The van der Waals surface area contributed by atoms with Crippen LogP contribution >= 0.6 is 23.1 Å². The van der Waals surface area contributed by atoms with Crippen LogP contribution in [0.1, 0.15) is 33.0 Å². The predicted octanol–water partition coefficient (Wildman–Crippen LogP) is 4.43. The van der Waals surface area contributed by atoms with Crippen molar-refractivity contribution in [1.82, 2.24) is 4.90 Å². The number of aryl methyl sites for hydroxylation is 1. The van der Waals surface area contributed by atoms with Crippen molar-refractivity contribution in [1.29, 1.82) is 0 Å². The maximum Gasteiger partial charge on any atom is 0.227 e. The summed E-state index contributed by atoms with van der Waals surface area (Å²) in [6, 6.07) is 14.8. The third-order valence-electron chi connectivity index (χ3n) is 4.51. The quantitative estimate of drug-likeness (QED) is 0.830. The van der Waals surface area contributed by atoms with Gasteiger partial charge in [-0.1, -0.05) is 30.3 Å². The van der Waals surface area contributed by atoms with Gasteiger partial charge in [-0.25, -0.2) is 0 Å². The van der Waals surface area contributed by atoms with Gasteiger partial charge in [0.1, 0.15) is 5.37 Å². The summed E-state index contributed by atoms with van der Waals surface area (Å²) in [6.07, 6.45) is 1.01. The van der Waals surface area contributed by atoms with E-state index >= 15 is 0 Å². The second kappa shape index (κ2) is 5.74. The van der Waals surface area contributed by atoms with E-state index in [1.54, 1.807) is 0 Å². The predicted molar refractivity (Wildman–Crippen MR) is 93.3 cm³/mol. The van der Waals surface area contributed by atoms with Gasteiger partial charge < -0.3 is 4.90 Å². The number of rotatable bonds is 3. The number of hydrogen-bond donors (Lipinski definition) is 0. The molecule has 1 aliphatic heterocycles. The number of carbonyl (C=O) groups excluding carboxylic acids is 1. The Morgan fingerprint density at radius 1 is 1.18 bits per heavy atom. The largest absolute Gasteiger partial charge is 0.325 e. The molecule has 2 aromatic rings. The molecule has 1 aromatic heterocycles. The monoisotopic (exact) mass is 329 g/mol. The molecule has 2 aliphatic rings. The minimum Gasteiger partial charge on any atom is -0.325 e. The van der Waals surface area contributed by atoms with Crippen molar-refractivity contribution in [3.63, 3.8) is 0 Å². The molecule has 0 N–H and O–H groups in total. The average Bonchev–Trinajstić information content (AvgIpc) is 2.98. The first-order valence-corrected chi connectivity index (χ1v) is 9.64. The van der Waals surface area contributed by atoms with Gasteiger partial charge in [-0.15, -0.1) is 23.1 Å². The van der Waals surface area contributed by atoms with Crippen LogP contribution in [0.5, 0.6) is 0 Å². The first kappa shape index (κ1) is 14.3. The highest BCUT2D eigenvalue weighted by molar-refractivity contribution is 7.99. The lowest BCUT2D eigenvalue weighted by atomic mass is 10.1. The molecule has 1 saturated carbocycles. The van der Waals surface area contributed by atoms with Gasteiger partial charge in [-0.2, -0.15) is 0 Å². The molecule has 1 aromatic carbocycles. The van der Waals surface area contributed by atoms with Gasteiger partial charge >= 0.3 is 0 Å². The molecule has 3 atom stereocenters. The van der Waals surface area contributed by atoms with Crippen LogP contribution in [0.15, 0.2) is 42.5 Å². The highest BCUT2D eigenvalue weighted by Gasteiger charge is 2.48. The molecule has 0 bridgehead atoms. The van der Waals surface area contributed by atoms with Crippen molar-refractivity contribution in [2.75, 3.05) is 12.3 Å². The van der Waals surface area contributed by atoms with Crippen LogP contribution in [-0.2, 0) is 4.79 Å². The number of amides is 1. The number of thiophene rings is 1. The van der Waals surface area contributed by atoms with Crippen LogP contribution in [0, 0.1) is 12.8 Å².